The molecule has 3 rings (SSSR count). The zero-order valence-corrected chi connectivity index (χ0v) is 19.9. The Kier molecular flexibility index (Phi) is 7.89. The second kappa shape index (κ2) is 10.6. The highest BCUT2D eigenvalue weighted by atomic mass is 16.5. The highest BCUT2D eigenvalue weighted by Gasteiger charge is 2.38. The number of rotatable bonds is 10. The molecule has 0 spiro atoms. The number of hydrogen-bond donors (Lipinski definition) is 1. The van der Waals surface area contributed by atoms with E-state index in [0.29, 0.717) is 36.8 Å². The molecule has 0 aromatic heterocycles. The summed E-state index contributed by atoms with van der Waals surface area (Å²) in [6, 6.07) is 13.9. The van der Waals surface area contributed by atoms with Crippen LogP contribution in [0.1, 0.15) is 38.7 Å². The third-order valence-electron chi connectivity index (χ3n) is 6.83. The van der Waals surface area contributed by atoms with Gasteiger partial charge in [-0.3, -0.25) is 4.79 Å². The van der Waals surface area contributed by atoms with Crippen molar-refractivity contribution in [2.45, 2.75) is 38.5 Å². The Hall–Kier alpha value is -2.89. The zero-order chi connectivity index (χ0) is 23.1. The average Bonchev–Trinajstić information content (AvgIpc) is 3.33. The van der Waals surface area contributed by atoms with Gasteiger partial charge < -0.3 is 24.4 Å². The van der Waals surface area contributed by atoms with Gasteiger partial charge >= 0.3 is 0 Å². The van der Waals surface area contributed by atoms with Gasteiger partial charge in [0.1, 0.15) is 5.75 Å². The number of ether oxygens (including phenoxy) is 3. The lowest BCUT2D eigenvalue weighted by Gasteiger charge is -2.32. The fraction of sp³-hybridized carbons (Fsp3) is 0.500. The number of carbonyl (C=O) groups excluding carboxylic acids is 1. The van der Waals surface area contributed by atoms with Crippen LogP contribution in [-0.4, -0.2) is 46.9 Å². The highest BCUT2D eigenvalue weighted by Crippen LogP contribution is 2.37. The summed E-state index contributed by atoms with van der Waals surface area (Å²) in [5, 5.41) is 3.26. The van der Waals surface area contributed by atoms with E-state index in [-0.39, 0.29) is 5.91 Å². The Bertz CT molecular complexity index is 910. The second-order valence-electron chi connectivity index (χ2n) is 8.37. The van der Waals surface area contributed by atoms with E-state index in [9.17, 15) is 4.79 Å². The minimum atomic E-state index is -0.593. The van der Waals surface area contributed by atoms with E-state index in [2.05, 4.69) is 36.2 Å². The fourth-order valence-corrected chi connectivity index (χ4v) is 4.69. The number of amides is 1. The predicted octanol–water partition coefficient (Wildman–Crippen LogP) is 4.41. The number of nitrogens with zero attached hydrogens (tertiary/aromatic N) is 1. The minimum absolute atomic E-state index is 0.0783. The fourth-order valence-electron chi connectivity index (χ4n) is 4.69. The second-order valence-corrected chi connectivity index (χ2v) is 8.37. The molecule has 1 saturated heterocycles. The van der Waals surface area contributed by atoms with Gasteiger partial charge in [0, 0.05) is 31.4 Å². The summed E-state index contributed by atoms with van der Waals surface area (Å²) in [7, 11) is 4.93. The molecular formula is C26H36N2O4. The molecular weight excluding hydrogens is 404 g/mol. The van der Waals surface area contributed by atoms with E-state index in [4.69, 9.17) is 14.2 Å². The number of nitrogens with one attached hydrogen (secondary N) is 1. The summed E-state index contributed by atoms with van der Waals surface area (Å²) in [5.74, 6) is 2.68. The first kappa shape index (κ1) is 23.8. The Morgan fingerprint density at radius 3 is 2.44 bits per heavy atom. The average molecular weight is 441 g/mol. The number of anilines is 1. The normalized spacial score (nSPS) is 16.0. The van der Waals surface area contributed by atoms with E-state index in [1.54, 1.807) is 21.3 Å². The maximum absolute atomic E-state index is 13.5. The van der Waals surface area contributed by atoms with Gasteiger partial charge in [0.2, 0.25) is 5.91 Å². The molecule has 6 nitrogen and oxygen atoms in total. The quantitative estimate of drug-likeness (QED) is 0.593. The molecule has 1 amide bonds. The summed E-state index contributed by atoms with van der Waals surface area (Å²) in [5.41, 5.74) is 1.53. The first-order chi connectivity index (χ1) is 15.5. The van der Waals surface area contributed by atoms with Gasteiger partial charge in [-0.15, -0.1) is 0 Å². The topological polar surface area (TPSA) is 60.0 Å². The van der Waals surface area contributed by atoms with Gasteiger partial charge in [0.25, 0.3) is 0 Å². The van der Waals surface area contributed by atoms with Crippen LogP contribution in [-0.2, 0) is 10.2 Å². The van der Waals surface area contributed by atoms with Crippen molar-refractivity contribution >= 4 is 11.6 Å². The van der Waals surface area contributed by atoms with Gasteiger partial charge in [0.05, 0.1) is 26.7 Å². The molecule has 0 unspecified atom stereocenters. The molecule has 0 aliphatic carbocycles. The summed E-state index contributed by atoms with van der Waals surface area (Å²) in [4.78, 5) is 15.8. The van der Waals surface area contributed by atoms with E-state index in [1.165, 1.54) is 5.69 Å². The third kappa shape index (κ3) is 4.79. The zero-order valence-electron chi connectivity index (χ0n) is 19.9. The first-order valence-corrected chi connectivity index (χ1v) is 11.4. The van der Waals surface area contributed by atoms with E-state index in [0.717, 1.165) is 30.8 Å². The van der Waals surface area contributed by atoms with Crippen LogP contribution in [0, 0.1) is 5.92 Å². The van der Waals surface area contributed by atoms with Gasteiger partial charge in [0.15, 0.2) is 11.5 Å². The third-order valence-corrected chi connectivity index (χ3v) is 6.83. The van der Waals surface area contributed by atoms with Crippen molar-refractivity contribution in [2.24, 2.45) is 5.92 Å². The molecule has 1 fully saturated rings. The molecule has 0 radical (unpaired) electrons. The molecule has 1 heterocycles. The van der Waals surface area contributed by atoms with Crippen LogP contribution in [0.5, 0.6) is 17.2 Å². The highest BCUT2D eigenvalue weighted by molar-refractivity contribution is 5.88. The molecule has 32 heavy (non-hydrogen) atoms. The minimum Gasteiger partial charge on any atom is -0.497 e. The number of hydrogen-bond acceptors (Lipinski definition) is 5. The van der Waals surface area contributed by atoms with E-state index < -0.39 is 5.41 Å². The molecule has 1 N–H and O–H groups in total. The summed E-state index contributed by atoms with van der Waals surface area (Å²) in [6.45, 7) is 6.72. The Labute approximate surface area is 191 Å². The summed E-state index contributed by atoms with van der Waals surface area (Å²) >= 11 is 0. The van der Waals surface area contributed by atoms with Crippen molar-refractivity contribution in [1.29, 1.82) is 0 Å². The SMILES string of the molecule is CCC(CC)(C(=O)NC[C@@H]1CCN(c2cccc(OC)c2)C1)c1ccc(OC)c(OC)c1. The van der Waals surface area contributed by atoms with Crippen LogP contribution in [0.15, 0.2) is 42.5 Å². The van der Waals surface area contributed by atoms with Crippen LogP contribution in [0.3, 0.4) is 0 Å². The van der Waals surface area contributed by atoms with Gasteiger partial charge in [-0.05, 0) is 55.0 Å². The van der Waals surface area contributed by atoms with Crippen molar-refractivity contribution < 1.29 is 19.0 Å². The molecule has 2 aromatic carbocycles. The molecule has 1 aliphatic heterocycles. The van der Waals surface area contributed by atoms with E-state index in [1.807, 2.05) is 30.3 Å². The lowest BCUT2D eigenvalue weighted by molar-refractivity contribution is -0.127. The molecule has 174 valence electrons. The molecule has 0 bridgehead atoms. The number of carbonyl (C=O) groups is 1. The number of methoxy groups -OCH3 is 3. The molecule has 6 heteroatoms. The van der Waals surface area contributed by atoms with E-state index >= 15 is 0 Å². The van der Waals surface area contributed by atoms with Crippen molar-refractivity contribution in [3.05, 3.63) is 48.0 Å². The number of benzene rings is 2. The Morgan fingerprint density at radius 2 is 1.78 bits per heavy atom. The Morgan fingerprint density at radius 1 is 1.03 bits per heavy atom. The summed E-state index contributed by atoms with van der Waals surface area (Å²) < 4.78 is 16.2. The maximum atomic E-state index is 13.5. The van der Waals surface area contributed by atoms with Crippen molar-refractivity contribution in [1.82, 2.24) is 5.32 Å². The first-order valence-electron chi connectivity index (χ1n) is 11.4. The smallest absolute Gasteiger partial charge is 0.230 e. The lowest BCUT2D eigenvalue weighted by Crippen LogP contribution is -2.45. The molecule has 1 aliphatic rings. The molecule has 0 saturated carbocycles. The molecule has 1 atom stereocenters. The largest absolute Gasteiger partial charge is 0.497 e. The van der Waals surface area contributed by atoms with Crippen LogP contribution < -0.4 is 24.4 Å². The standard InChI is InChI=1S/C26H36N2O4/c1-6-26(7-2,20-11-12-23(31-4)24(15-20)32-5)25(29)27-17-19-13-14-28(18-19)21-9-8-10-22(16-21)30-3/h8-12,15-16,19H,6-7,13-14,17-18H2,1-5H3,(H,27,29)/t19-/m0/s1. The maximum Gasteiger partial charge on any atom is 0.230 e. The Balaban J connectivity index is 1.68. The summed E-state index contributed by atoms with van der Waals surface area (Å²) in [6.07, 6.45) is 2.48. The van der Waals surface area contributed by atoms with Crippen LogP contribution in [0.25, 0.3) is 0 Å². The van der Waals surface area contributed by atoms with Gasteiger partial charge in [-0.2, -0.15) is 0 Å². The predicted molar refractivity (Wildman–Crippen MR) is 128 cm³/mol. The monoisotopic (exact) mass is 440 g/mol. The van der Waals surface area contributed by atoms with Crippen molar-refractivity contribution in [3.63, 3.8) is 0 Å². The van der Waals surface area contributed by atoms with Crippen molar-refractivity contribution in [2.75, 3.05) is 45.9 Å². The molecule has 2 aromatic rings. The van der Waals surface area contributed by atoms with Gasteiger partial charge in [-0.25, -0.2) is 0 Å². The van der Waals surface area contributed by atoms with Crippen LogP contribution in [0.2, 0.25) is 0 Å². The van der Waals surface area contributed by atoms with Crippen molar-refractivity contribution in [3.8, 4) is 17.2 Å². The van der Waals surface area contributed by atoms with Crippen LogP contribution >= 0.6 is 0 Å². The lowest BCUT2D eigenvalue weighted by atomic mass is 9.74. The van der Waals surface area contributed by atoms with Gasteiger partial charge in [-0.1, -0.05) is 26.0 Å². The van der Waals surface area contributed by atoms with Crippen LogP contribution in [0.4, 0.5) is 5.69 Å².